The Kier molecular flexibility index (Phi) is 5.15. The molecule has 1 saturated heterocycles. The number of benzene rings is 1. The van der Waals surface area contributed by atoms with Crippen LogP contribution in [0.1, 0.15) is 20.9 Å². The number of fused-ring (bicyclic) bond motifs is 2. The second kappa shape index (κ2) is 7.97. The fourth-order valence-electron chi connectivity index (χ4n) is 4.10. The molecule has 1 fully saturated rings. The molecule has 0 spiro atoms. The van der Waals surface area contributed by atoms with E-state index in [-0.39, 0.29) is 23.3 Å². The number of halogens is 1. The van der Waals surface area contributed by atoms with Gasteiger partial charge in [0.1, 0.15) is 27.9 Å². The number of hydrogen-bond donors (Lipinski definition) is 3. The number of amides is 1. The predicted molar refractivity (Wildman–Crippen MR) is 121 cm³/mol. The Morgan fingerprint density at radius 2 is 2.16 bits per heavy atom. The van der Waals surface area contributed by atoms with Crippen molar-refractivity contribution in [2.24, 2.45) is 0 Å². The van der Waals surface area contributed by atoms with Gasteiger partial charge in [-0.2, -0.15) is 0 Å². The molecule has 1 amide bonds. The maximum atomic E-state index is 13.9. The largest absolute Gasteiger partial charge is 0.491 e. The van der Waals surface area contributed by atoms with Crippen molar-refractivity contribution in [2.75, 3.05) is 43.4 Å². The van der Waals surface area contributed by atoms with Crippen LogP contribution in [0.25, 0.3) is 10.2 Å². The second-order valence-corrected chi connectivity index (χ2v) is 8.97. The van der Waals surface area contributed by atoms with Gasteiger partial charge in [-0.25, -0.2) is 9.37 Å². The molecular formula is C22H24FN5O2S. The Morgan fingerprint density at radius 3 is 2.97 bits per heavy atom. The SMILES string of the molecule is Cc1nc2sc(C(=O)N[C@H]3COc4cc(N5CCNCC5)ccc4C3)c(N)c2cc1F. The molecule has 2 aliphatic rings. The summed E-state index contributed by atoms with van der Waals surface area (Å²) in [5.74, 6) is 0.160. The fraction of sp³-hybridized carbons (Fsp3) is 0.364. The van der Waals surface area contributed by atoms with Gasteiger partial charge in [-0.15, -0.1) is 11.3 Å². The summed E-state index contributed by atoms with van der Waals surface area (Å²) >= 11 is 1.18. The van der Waals surface area contributed by atoms with Crippen LogP contribution in [0.5, 0.6) is 5.75 Å². The normalized spacial score (nSPS) is 18.5. The average Bonchev–Trinajstić information content (AvgIpc) is 3.10. The van der Waals surface area contributed by atoms with Gasteiger partial charge in [0, 0.05) is 43.3 Å². The van der Waals surface area contributed by atoms with Crippen molar-refractivity contribution in [3.8, 4) is 5.75 Å². The summed E-state index contributed by atoms with van der Waals surface area (Å²) in [6, 6.07) is 7.46. The van der Waals surface area contributed by atoms with Crippen LogP contribution in [0, 0.1) is 12.7 Å². The first-order valence-corrected chi connectivity index (χ1v) is 11.2. The minimum absolute atomic E-state index is 0.166. The summed E-state index contributed by atoms with van der Waals surface area (Å²) in [5, 5.41) is 6.85. The summed E-state index contributed by atoms with van der Waals surface area (Å²) in [6.45, 7) is 5.90. The molecule has 162 valence electrons. The van der Waals surface area contributed by atoms with E-state index >= 15 is 0 Å². The number of thiophene rings is 1. The van der Waals surface area contributed by atoms with Gasteiger partial charge < -0.3 is 26.0 Å². The number of ether oxygens (including phenoxy) is 1. The van der Waals surface area contributed by atoms with E-state index in [0.717, 1.165) is 43.2 Å². The number of nitrogens with one attached hydrogen (secondary N) is 2. The number of carbonyl (C=O) groups is 1. The number of hydrogen-bond acceptors (Lipinski definition) is 7. The standard InChI is InChI=1S/C22H24FN5O2S/c1-12-17(23)10-16-19(24)20(31-22(16)26-12)21(29)27-14-8-13-2-3-15(9-18(13)30-11-14)28-6-4-25-5-7-28/h2-3,9-10,14,25H,4-8,11,24H2,1H3,(H,27,29)/t14-/m1/s1. The Morgan fingerprint density at radius 1 is 1.35 bits per heavy atom. The quantitative estimate of drug-likeness (QED) is 0.578. The van der Waals surface area contributed by atoms with Crippen molar-refractivity contribution in [3.63, 3.8) is 0 Å². The van der Waals surface area contributed by atoms with E-state index < -0.39 is 5.82 Å². The van der Waals surface area contributed by atoms with E-state index in [2.05, 4.69) is 38.7 Å². The maximum absolute atomic E-state index is 13.9. The summed E-state index contributed by atoms with van der Waals surface area (Å²) in [6.07, 6.45) is 0.680. The van der Waals surface area contributed by atoms with Crippen molar-refractivity contribution in [2.45, 2.75) is 19.4 Å². The van der Waals surface area contributed by atoms with Gasteiger partial charge in [0.2, 0.25) is 0 Å². The van der Waals surface area contributed by atoms with Gasteiger partial charge in [0.05, 0.1) is 17.4 Å². The van der Waals surface area contributed by atoms with Gasteiger partial charge in [-0.1, -0.05) is 6.07 Å². The van der Waals surface area contributed by atoms with Crippen LogP contribution in [0.2, 0.25) is 0 Å². The van der Waals surface area contributed by atoms with Crippen LogP contribution in [0.3, 0.4) is 0 Å². The lowest BCUT2D eigenvalue weighted by Crippen LogP contribution is -2.44. The van der Waals surface area contributed by atoms with E-state index in [1.54, 1.807) is 6.92 Å². The van der Waals surface area contributed by atoms with E-state index in [0.29, 0.717) is 28.1 Å². The molecule has 5 rings (SSSR count). The van der Waals surface area contributed by atoms with E-state index in [4.69, 9.17) is 10.5 Å². The number of rotatable bonds is 3. The molecule has 2 aliphatic heterocycles. The zero-order valence-electron chi connectivity index (χ0n) is 17.2. The number of anilines is 2. The van der Waals surface area contributed by atoms with Crippen LogP contribution in [-0.2, 0) is 6.42 Å². The number of nitrogen functional groups attached to an aromatic ring is 1. The van der Waals surface area contributed by atoms with E-state index in [1.807, 2.05) is 0 Å². The molecular weight excluding hydrogens is 417 g/mol. The van der Waals surface area contributed by atoms with Gasteiger partial charge >= 0.3 is 0 Å². The highest BCUT2D eigenvalue weighted by Gasteiger charge is 2.25. The average molecular weight is 442 g/mol. The molecule has 0 saturated carbocycles. The molecule has 2 aromatic heterocycles. The molecule has 1 aromatic carbocycles. The van der Waals surface area contributed by atoms with Crippen molar-refractivity contribution in [1.82, 2.24) is 15.6 Å². The summed E-state index contributed by atoms with van der Waals surface area (Å²) in [4.78, 5) is 20.3. The number of piperazine rings is 1. The van der Waals surface area contributed by atoms with Crippen molar-refractivity contribution < 1.29 is 13.9 Å². The fourth-order valence-corrected chi connectivity index (χ4v) is 5.12. The number of aromatic nitrogens is 1. The van der Waals surface area contributed by atoms with Gasteiger partial charge in [0.15, 0.2) is 0 Å². The molecule has 31 heavy (non-hydrogen) atoms. The number of pyridine rings is 1. The van der Waals surface area contributed by atoms with Crippen molar-refractivity contribution >= 4 is 38.8 Å². The highest BCUT2D eigenvalue weighted by molar-refractivity contribution is 7.21. The Hall–Kier alpha value is -2.91. The van der Waals surface area contributed by atoms with Gasteiger partial charge in [-0.05, 0) is 31.0 Å². The van der Waals surface area contributed by atoms with Crippen molar-refractivity contribution in [1.29, 1.82) is 0 Å². The summed E-state index contributed by atoms with van der Waals surface area (Å²) in [5.41, 5.74) is 8.92. The highest BCUT2D eigenvalue weighted by atomic mass is 32.1. The number of nitrogens with zero attached hydrogens (tertiary/aromatic N) is 2. The molecule has 0 bridgehead atoms. The predicted octanol–water partition coefficient (Wildman–Crippen LogP) is 2.47. The van der Waals surface area contributed by atoms with Crippen molar-refractivity contribution in [3.05, 3.63) is 46.2 Å². The second-order valence-electron chi connectivity index (χ2n) is 7.97. The smallest absolute Gasteiger partial charge is 0.263 e. The molecule has 1 atom stereocenters. The van der Waals surface area contributed by atoms with Crippen LogP contribution in [0.15, 0.2) is 24.3 Å². The summed E-state index contributed by atoms with van der Waals surface area (Å²) < 4.78 is 19.8. The third-order valence-corrected chi connectivity index (χ3v) is 6.94. The Balaban J connectivity index is 1.30. The minimum atomic E-state index is -0.429. The lowest BCUT2D eigenvalue weighted by Gasteiger charge is -2.31. The Bertz CT molecular complexity index is 1160. The zero-order valence-corrected chi connectivity index (χ0v) is 18.0. The molecule has 7 nitrogen and oxygen atoms in total. The number of nitrogens with two attached hydrogens (primary N) is 1. The molecule has 9 heteroatoms. The lowest BCUT2D eigenvalue weighted by atomic mass is 10.0. The van der Waals surface area contributed by atoms with Gasteiger partial charge in [-0.3, -0.25) is 4.79 Å². The topological polar surface area (TPSA) is 92.5 Å². The minimum Gasteiger partial charge on any atom is -0.491 e. The Labute approximate surface area is 183 Å². The number of aryl methyl sites for hydroxylation is 1. The zero-order chi connectivity index (χ0) is 21.5. The van der Waals surface area contributed by atoms with Crippen LogP contribution < -0.4 is 26.0 Å². The third kappa shape index (κ3) is 3.79. The highest BCUT2D eigenvalue weighted by Crippen LogP contribution is 2.34. The molecule has 3 aromatic rings. The third-order valence-electron chi connectivity index (χ3n) is 5.83. The van der Waals surface area contributed by atoms with Crippen LogP contribution in [-0.4, -0.2) is 49.7 Å². The first-order chi connectivity index (χ1) is 15.0. The summed E-state index contributed by atoms with van der Waals surface area (Å²) in [7, 11) is 0. The monoisotopic (exact) mass is 441 g/mol. The molecule has 0 aliphatic carbocycles. The lowest BCUT2D eigenvalue weighted by molar-refractivity contribution is 0.0920. The van der Waals surface area contributed by atoms with E-state index in [9.17, 15) is 9.18 Å². The molecule has 0 unspecified atom stereocenters. The molecule has 4 N–H and O–H groups in total. The molecule has 0 radical (unpaired) electrons. The molecule has 4 heterocycles. The first-order valence-electron chi connectivity index (χ1n) is 10.4. The van der Waals surface area contributed by atoms with Crippen LogP contribution >= 0.6 is 11.3 Å². The first kappa shape index (κ1) is 20.0. The maximum Gasteiger partial charge on any atom is 0.263 e. The number of carbonyl (C=O) groups excluding carboxylic acids is 1. The van der Waals surface area contributed by atoms with Gasteiger partial charge in [0.25, 0.3) is 5.91 Å². The van der Waals surface area contributed by atoms with Crippen LogP contribution in [0.4, 0.5) is 15.8 Å². The van der Waals surface area contributed by atoms with E-state index in [1.165, 1.54) is 17.4 Å².